The number of halogens is 1. The van der Waals surface area contributed by atoms with Crippen molar-refractivity contribution in [3.05, 3.63) is 35.1 Å². The van der Waals surface area contributed by atoms with E-state index >= 15 is 0 Å². The molecule has 6 heteroatoms. The van der Waals surface area contributed by atoms with Crippen LogP contribution in [0.15, 0.2) is 18.2 Å². The van der Waals surface area contributed by atoms with E-state index in [-0.39, 0.29) is 24.7 Å². The third kappa shape index (κ3) is 4.41. The predicted octanol–water partition coefficient (Wildman–Crippen LogP) is 0.846. The number of ether oxygens (including phenoxy) is 1. The number of nitrogens with two attached hydrogens (primary N) is 1. The molecule has 1 rings (SSSR count). The smallest absolute Gasteiger partial charge is 0.156 e. The van der Waals surface area contributed by atoms with Crippen LogP contribution in [-0.2, 0) is 26.9 Å². The lowest BCUT2D eigenvalue weighted by Crippen LogP contribution is -2.15. The van der Waals surface area contributed by atoms with Crippen molar-refractivity contribution in [2.45, 2.75) is 12.3 Å². The summed E-state index contributed by atoms with van der Waals surface area (Å²) in [5, 5.41) is 0. The number of methoxy groups -OCH3 is 1. The van der Waals surface area contributed by atoms with E-state index in [1.54, 1.807) is 0 Å². The van der Waals surface area contributed by atoms with Gasteiger partial charge in [-0.05, 0) is 23.3 Å². The lowest BCUT2D eigenvalue weighted by molar-refractivity contribution is 0.217. The first-order chi connectivity index (χ1) is 7.98. The van der Waals surface area contributed by atoms with Gasteiger partial charge in [-0.15, -0.1) is 0 Å². The van der Waals surface area contributed by atoms with Gasteiger partial charge in [0.2, 0.25) is 0 Å². The Kier molecular flexibility index (Phi) is 5.04. The fraction of sp³-hybridized carbons (Fsp3) is 0.455. The molecular weight excluding hydrogens is 245 g/mol. The molecule has 0 bridgehead atoms. The Morgan fingerprint density at radius 3 is 2.65 bits per heavy atom. The van der Waals surface area contributed by atoms with Crippen LogP contribution >= 0.6 is 0 Å². The number of hydrogen-bond acceptors (Lipinski definition) is 4. The number of hydrogen-bond donors (Lipinski definition) is 1. The van der Waals surface area contributed by atoms with Crippen LogP contribution in [0, 0.1) is 5.82 Å². The second-order valence-electron chi connectivity index (χ2n) is 3.70. The maximum Gasteiger partial charge on any atom is 0.156 e. The Bertz CT molecular complexity index is 474. The molecule has 0 saturated carbocycles. The molecule has 4 nitrogen and oxygen atoms in total. The largest absolute Gasteiger partial charge is 0.384 e. The van der Waals surface area contributed by atoms with Gasteiger partial charge >= 0.3 is 0 Å². The molecule has 0 aliphatic carbocycles. The predicted molar refractivity (Wildman–Crippen MR) is 63.7 cm³/mol. The zero-order valence-electron chi connectivity index (χ0n) is 9.65. The summed E-state index contributed by atoms with van der Waals surface area (Å²) in [4.78, 5) is 0. The van der Waals surface area contributed by atoms with Crippen LogP contribution in [0.2, 0.25) is 0 Å². The van der Waals surface area contributed by atoms with Crippen LogP contribution in [0.4, 0.5) is 4.39 Å². The van der Waals surface area contributed by atoms with Crippen LogP contribution in [0.5, 0.6) is 0 Å². The molecule has 96 valence electrons. The molecule has 0 fully saturated rings. The standard InChI is InChI=1S/C11H16FNO3S/c1-16-4-5-17(14,15)8-10-6-11(12)3-2-9(10)7-13/h2-3,6H,4-5,7-8,13H2,1H3. The monoisotopic (exact) mass is 261 g/mol. The molecule has 1 aromatic rings. The summed E-state index contributed by atoms with van der Waals surface area (Å²) >= 11 is 0. The topological polar surface area (TPSA) is 69.4 Å². The molecular formula is C11H16FNO3S. The summed E-state index contributed by atoms with van der Waals surface area (Å²) in [5.41, 5.74) is 6.54. The highest BCUT2D eigenvalue weighted by Gasteiger charge is 2.14. The Hall–Kier alpha value is -0.980. The van der Waals surface area contributed by atoms with Crippen molar-refractivity contribution in [2.24, 2.45) is 5.73 Å². The third-order valence-corrected chi connectivity index (χ3v) is 3.90. The van der Waals surface area contributed by atoms with Gasteiger partial charge in [0.1, 0.15) is 5.82 Å². The molecule has 0 radical (unpaired) electrons. The first-order valence-corrected chi connectivity index (χ1v) is 6.97. The summed E-state index contributed by atoms with van der Waals surface area (Å²) in [6.45, 7) is 0.324. The van der Waals surface area contributed by atoms with Gasteiger partial charge in [0.25, 0.3) is 0 Å². The molecule has 0 aromatic heterocycles. The van der Waals surface area contributed by atoms with Crippen molar-refractivity contribution < 1.29 is 17.5 Å². The van der Waals surface area contributed by atoms with E-state index in [9.17, 15) is 12.8 Å². The number of sulfone groups is 1. The van der Waals surface area contributed by atoms with Crippen LogP contribution in [0.1, 0.15) is 11.1 Å². The van der Waals surface area contributed by atoms with Gasteiger partial charge in [-0.2, -0.15) is 0 Å². The second-order valence-corrected chi connectivity index (χ2v) is 5.89. The van der Waals surface area contributed by atoms with Crippen molar-refractivity contribution in [2.75, 3.05) is 19.5 Å². The van der Waals surface area contributed by atoms with Gasteiger partial charge < -0.3 is 10.5 Å². The van der Waals surface area contributed by atoms with Gasteiger partial charge in [-0.3, -0.25) is 0 Å². The number of benzene rings is 1. The molecule has 1 aromatic carbocycles. The quantitative estimate of drug-likeness (QED) is 0.824. The molecule has 0 unspecified atom stereocenters. The van der Waals surface area contributed by atoms with E-state index < -0.39 is 15.7 Å². The van der Waals surface area contributed by atoms with Crippen LogP contribution in [0.3, 0.4) is 0 Å². The molecule has 0 heterocycles. The van der Waals surface area contributed by atoms with Crippen LogP contribution in [0.25, 0.3) is 0 Å². The van der Waals surface area contributed by atoms with E-state index in [0.29, 0.717) is 11.1 Å². The van der Waals surface area contributed by atoms with E-state index in [1.807, 2.05) is 0 Å². The highest BCUT2D eigenvalue weighted by Crippen LogP contribution is 2.14. The summed E-state index contributed by atoms with van der Waals surface area (Å²) < 4.78 is 41.2. The van der Waals surface area contributed by atoms with Gasteiger partial charge in [-0.1, -0.05) is 6.07 Å². The Morgan fingerprint density at radius 2 is 2.06 bits per heavy atom. The zero-order valence-corrected chi connectivity index (χ0v) is 10.5. The minimum absolute atomic E-state index is 0.0793. The van der Waals surface area contributed by atoms with Crippen molar-refractivity contribution >= 4 is 9.84 Å². The SMILES string of the molecule is COCCS(=O)(=O)Cc1cc(F)ccc1CN. The van der Waals surface area contributed by atoms with Crippen LogP contribution in [-0.4, -0.2) is 27.9 Å². The van der Waals surface area contributed by atoms with E-state index in [4.69, 9.17) is 10.5 Å². The molecule has 0 aliphatic rings. The minimum Gasteiger partial charge on any atom is -0.384 e. The maximum atomic E-state index is 13.1. The fourth-order valence-corrected chi connectivity index (χ4v) is 2.75. The van der Waals surface area contributed by atoms with Gasteiger partial charge in [0.15, 0.2) is 9.84 Å². The molecule has 0 amide bonds. The number of rotatable bonds is 6. The normalized spacial score (nSPS) is 11.7. The lowest BCUT2D eigenvalue weighted by atomic mass is 10.1. The van der Waals surface area contributed by atoms with E-state index in [1.165, 1.54) is 25.3 Å². The molecule has 17 heavy (non-hydrogen) atoms. The average Bonchev–Trinajstić information content (AvgIpc) is 2.26. The zero-order chi connectivity index (χ0) is 12.9. The maximum absolute atomic E-state index is 13.1. The van der Waals surface area contributed by atoms with Crippen molar-refractivity contribution in [3.8, 4) is 0 Å². The van der Waals surface area contributed by atoms with Gasteiger partial charge in [0, 0.05) is 13.7 Å². The minimum atomic E-state index is -3.29. The van der Waals surface area contributed by atoms with Gasteiger partial charge in [0.05, 0.1) is 18.1 Å². The average molecular weight is 261 g/mol. The van der Waals surface area contributed by atoms with Crippen molar-refractivity contribution in [1.82, 2.24) is 0 Å². The molecule has 0 saturated heterocycles. The van der Waals surface area contributed by atoms with Crippen molar-refractivity contribution in [3.63, 3.8) is 0 Å². The highest BCUT2D eigenvalue weighted by atomic mass is 32.2. The summed E-state index contributed by atoms with van der Waals surface area (Å²) in [7, 11) is -1.86. The van der Waals surface area contributed by atoms with E-state index in [2.05, 4.69) is 0 Å². The highest BCUT2D eigenvalue weighted by molar-refractivity contribution is 7.90. The first kappa shape index (κ1) is 14.1. The lowest BCUT2D eigenvalue weighted by Gasteiger charge is -2.08. The Labute approximate surface area is 101 Å². The van der Waals surface area contributed by atoms with Crippen LogP contribution < -0.4 is 5.73 Å². The Balaban J connectivity index is 2.90. The van der Waals surface area contributed by atoms with Crippen molar-refractivity contribution in [1.29, 1.82) is 0 Å². The van der Waals surface area contributed by atoms with Gasteiger partial charge in [-0.25, -0.2) is 12.8 Å². The summed E-state index contributed by atoms with van der Waals surface area (Å²) in [5.74, 6) is -0.746. The summed E-state index contributed by atoms with van der Waals surface area (Å²) in [6, 6.07) is 4.00. The van der Waals surface area contributed by atoms with E-state index in [0.717, 1.165) is 0 Å². The first-order valence-electron chi connectivity index (χ1n) is 5.15. The Morgan fingerprint density at radius 1 is 1.35 bits per heavy atom. The fourth-order valence-electron chi connectivity index (χ4n) is 1.45. The molecule has 0 spiro atoms. The third-order valence-electron chi connectivity index (χ3n) is 2.36. The molecule has 2 N–H and O–H groups in total. The molecule has 0 atom stereocenters. The second kappa shape index (κ2) is 6.09. The molecule has 0 aliphatic heterocycles. The summed E-state index contributed by atoms with van der Waals surface area (Å²) in [6.07, 6.45) is 0.